The van der Waals surface area contributed by atoms with Gasteiger partial charge in [-0.3, -0.25) is 9.48 Å². The van der Waals surface area contributed by atoms with Gasteiger partial charge in [0.1, 0.15) is 5.69 Å². The summed E-state index contributed by atoms with van der Waals surface area (Å²) in [6.45, 7) is -3.01. The number of anilines is 2. The number of amides is 1. The van der Waals surface area contributed by atoms with E-state index in [1.165, 1.54) is 0 Å². The number of aromatic nitrogens is 4. The number of carbonyl (C=O) groups is 1. The van der Waals surface area contributed by atoms with E-state index in [1.54, 1.807) is 36.1 Å². The average Bonchev–Trinajstić information content (AvgIpc) is 3.03. The minimum Gasteiger partial charge on any atom is -0.415 e. The summed E-state index contributed by atoms with van der Waals surface area (Å²) in [5.41, 5.74) is 8.24. The van der Waals surface area contributed by atoms with Crippen molar-refractivity contribution in [1.82, 2.24) is 19.7 Å². The van der Waals surface area contributed by atoms with Crippen molar-refractivity contribution in [3.8, 4) is 17.0 Å². The van der Waals surface area contributed by atoms with Crippen LogP contribution < -0.4 is 15.8 Å². The Balaban J connectivity index is 1.78. The predicted octanol–water partition coefficient (Wildman–Crippen LogP) is 2.31. The van der Waals surface area contributed by atoms with Crippen molar-refractivity contribution >= 4 is 17.3 Å². The molecule has 134 valence electrons. The number of alkyl halides is 2. The predicted molar refractivity (Wildman–Crippen MR) is 89.7 cm³/mol. The van der Waals surface area contributed by atoms with Crippen LogP contribution in [0.2, 0.25) is 0 Å². The Kier molecular flexibility index (Phi) is 4.74. The van der Waals surface area contributed by atoms with E-state index in [0.717, 1.165) is 23.5 Å². The third kappa shape index (κ3) is 3.91. The highest BCUT2D eigenvalue weighted by Crippen LogP contribution is 2.27. The molecule has 2 aromatic heterocycles. The number of hydrogen-bond donors (Lipinski definition) is 2. The van der Waals surface area contributed by atoms with E-state index >= 15 is 0 Å². The Hall–Kier alpha value is -3.56. The van der Waals surface area contributed by atoms with Crippen LogP contribution in [0.1, 0.15) is 10.5 Å². The van der Waals surface area contributed by atoms with Crippen molar-refractivity contribution in [1.29, 1.82) is 0 Å². The molecule has 26 heavy (non-hydrogen) atoms. The fourth-order valence-electron chi connectivity index (χ4n) is 2.19. The number of carbonyl (C=O) groups excluding carboxylic acids is 1. The Bertz CT molecular complexity index is 927. The molecule has 0 fully saturated rings. The Morgan fingerprint density at radius 3 is 2.65 bits per heavy atom. The number of rotatable bonds is 5. The third-order valence-electron chi connectivity index (χ3n) is 3.41. The number of halogens is 2. The molecule has 0 bridgehead atoms. The minimum absolute atomic E-state index is 0.0715. The van der Waals surface area contributed by atoms with Gasteiger partial charge in [0.05, 0.1) is 30.0 Å². The molecule has 0 radical (unpaired) electrons. The van der Waals surface area contributed by atoms with Gasteiger partial charge in [-0.1, -0.05) is 6.07 Å². The zero-order valence-electron chi connectivity index (χ0n) is 13.6. The summed E-state index contributed by atoms with van der Waals surface area (Å²) >= 11 is 0. The van der Waals surface area contributed by atoms with Gasteiger partial charge >= 0.3 is 6.61 Å². The van der Waals surface area contributed by atoms with Crippen LogP contribution in [0.5, 0.6) is 5.88 Å². The minimum atomic E-state index is -3.01. The molecule has 3 N–H and O–H groups in total. The Morgan fingerprint density at radius 1 is 1.23 bits per heavy atom. The van der Waals surface area contributed by atoms with Crippen LogP contribution >= 0.6 is 0 Å². The Morgan fingerprint density at radius 2 is 2.04 bits per heavy atom. The lowest BCUT2D eigenvalue weighted by molar-refractivity contribution is -0.0531. The lowest BCUT2D eigenvalue weighted by Crippen LogP contribution is -2.15. The van der Waals surface area contributed by atoms with Gasteiger partial charge in [0, 0.05) is 18.8 Å². The molecular weight excluding hydrogens is 346 g/mol. The summed E-state index contributed by atoms with van der Waals surface area (Å²) in [5.74, 6) is -0.967. The molecule has 0 aliphatic heterocycles. The van der Waals surface area contributed by atoms with E-state index in [0.29, 0.717) is 11.4 Å². The lowest BCUT2D eigenvalue weighted by atomic mass is 10.1. The van der Waals surface area contributed by atoms with E-state index in [1.807, 2.05) is 6.20 Å². The highest BCUT2D eigenvalue weighted by molar-refractivity contribution is 6.04. The summed E-state index contributed by atoms with van der Waals surface area (Å²) in [6.07, 6.45) is 5.49. The van der Waals surface area contributed by atoms with Crippen molar-refractivity contribution in [3.05, 3.63) is 48.7 Å². The molecule has 0 saturated heterocycles. The second kappa shape index (κ2) is 7.13. The number of nitrogens with one attached hydrogen (secondary N) is 1. The third-order valence-corrected chi connectivity index (χ3v) is 3.41. The molecule has 0 atom stereocenters. The molecule has 3 rings (SSSR count). The van der Waals surface area contributed by atoms with Crippen LogP contribution in [0.25, 0.3) is 11.1 Å². The molecular formula is C16H14F2N6O2. The first kappa shape index (κ1) is 17.3. The average molecular weight is 360 g/mol. The smallest absolute Gasteiger partial charge is 0.388 e. The monoisotopic (exact) mass is 360 g/mol. The van der Waals surface area contributed by atoms with E-state index in [9.17, 15) is 13.6 Å². The van der Waals surface area contributed by atoms with Crippen LogP contribution in [-0.2, 0) is 7.05 Å². The van der Waals surface area contributed by atoms with E-state index in [2.05, 4.69) is 25.1 Å². The molecule has 0 saturated carbocycles. The molecule has 8 nitrogen and oxygen atoms in total. The van der Waals surface area contributed by atoms with Crippen LogP contribution in [0.15, 0.2) is 43.0 Å². The summed E-state index contributed by atoms with van der Waals surface area (Å²) in [4.78, 5) is 19.6. The maximum atomic E-state index is 12.3. The van der Waals surface area contributed by atoms with Crippen LogP contribution in [-0.4, -0.2) is 32.3 Å². The second-order valence-corrected chi connectivity index (χ2v) is 5.28. The largest absolute Gasteiger partial charge is 0.415 e. The summed E-state index contributed by atoms with van der Waals surface area (Å²) < 4.78 is 29.9. The van der Waals surface area contributed by atoms with E-state index in [-0.39, 0.29) is 11.6 Å². The zero-order chi connectivity index (χ0) is 18.7. The number of hydrogen-bond acceptors (Lipinski definition) is 6. The molecule has 0 aliphatic carbocycles. The standard InChI is InChI=1S/C16H14F2N6O2/c1-24-8-10(5-22-24)9-2-3-11(19)12(4-9)23-15(25)13-6-21-14(7-20-13)26-16(17)18/h2-8,16H,19H2,1H3,(H,23,25). The molecule has 1 aromatic carbocycles. The summed E-state index contributed by atoms with van der Waals surface area (Å²) in [7, 11) is 1.80. The molecule has 3 aromatic rings. The molecule has 0 spiro atoms. The van der Waals surface area contributed by atoms with Crippen molar-refractivity contribution in [2.45, 2.75) is 6.61 Å². The summed E-state index contributed by atoms with van der Waals surface area (Å²) in [6, 6.07) is 5.16. The normalized spacial score (nSPS) is 10.8. The topological polar surface area (TPSA) is 108 Å². The summed E-state index contributed by atoms with van der Waals surface area (Å²) in [5, 5.41) is 6.72. The van der Waals surface area contributed by atoms with Crippen LogP contribution in [0, 0.1) is 0 Å². The van der Waals surface area contributed by atoms with Gasteiger partial charge < -0.3 is 15.8 Å². The fraction of sp³-hybridized carbons (Fsp3) is 0.125. The van der Waals surface area contributed by atoms with Gasteiger partial charge in [0.2, 0.25) is 5.88 Å². The van der Waals surface area contributed by atoms with Crippen molar-refractivity contribution in [2.24, 2.45) is 7.05 Å². The molecule has 10 heteroatoms. The maximum absolute atomic E-state index is 12.3. The van der Waals surface area contributed by atoms with Crippen molar-refractivity contribution in [2.75, 3.05) is 11.1 Å². The van der Waals surface area contributed by atoms with E-state index in [4.69, 9.17) is 5.73 Å². The number of aryl methyl sites for hydroxylation is 1. The highest BCUT2D eigenvalue weighted by atomic mass is 19.3. The number of nitrogens with zero attached hydrogens (tertiary/aromatic N) is 4. The van der Waals surface area contributed by atoms with Gasteiger partial charge in [-0.25, -0.2) is 9.97 Å². The van der Waals surface area contributed by atoms with Gasteiger partial charge in [0.25, 0.3) is 5.91 Å². The zero-order valence-corrected chi connectivity index (χ0v) is 13.6. The first-order valence-corrected chi connectivity index (χ1v) is 7.39. The van der Waals surface area contributed by atoms with Crippen LogP contribution in [0.4, 0.5) is 20.2 Å². The first-order chi connectivity index (χ1) is 12.4. The highest BCUT2D eigenvalue weighted by Gasteiger charge is 2.13. The molecule has 0 unspecified atom stereocenters. The molecule has 0 aliphatic rings. The van der Waals surface area contributed by atoms with E-state index < -0.39 is 12.5 Å². The first-order valence-electron chi connectivity index (χ1n) is 7.39. The molecule has 2 heterocycles. The number of nitrogens with two attached hydrogens (primary N) is 1. The van der Waals surface area contributed by atoms with Gasteiger partial charge in [-0.2, -0.15) is 13.9 Å². The maximum Gasteiger partial charge on any atom is 0.388 e. The van der Waals surface area contributed by atoms with Gasteiger partial charge in [-0.05, 0) is 17.7 Å². The van der Waals surface area contributed by atoms with Crippen LogP contribution in [0.3, 0.4) is 0 Å². The van der Waals surface area contributed by atoms with Crippen molar-refractivity contribution in [3.63, 3.8) is 0 Å². The lowest BCUT2D eigenvalue weighted by Gasteiger charge is -2.10. The van der Waals surface area contributed by atoms with Crippen molar-refractivity contribution < 1.29 is 18.3 Å². The number of benzene rings is 1. The van der Waals surface area contributed by atoms with Gasteiger partial charge in [0.15, 0.2) is 0 Å². The number of nitrogen functional groups attached to an aromatic ring is 1. The number of ether oxygens (including phenoxy) is 1. The molecule has 1 amide bonds. The SMILES string of the molecule is Cn1cc(-c2ccc(N)c(NC(=O)c3cnc(OC(F)F)cn3)c2)cn1. The Labute approximate surface area is 146 Å². The fourth-order valence-corrected chi connectivity index (χ4v) is 2.19. The van der Waals surface area contributed by atoms with Gasteiger partial charge in [-0.15, -0.1) is 0 Å². The quantitative estimate of drug-likeness (QED) is 0.676. The second-order valence-electron chi connectivity index (χ2n) is 5.28.